The minimum atomic E-state index is -0.404. The lowest BCUT2D eigenvalue weighted by Gasteiger charge is -2.12. The maximum Gasteiger partial charge on any atom is 0.145 e. The van der Waals surface area contributed by atoms with Gasteiger partial charge in [0, 0.05) is 19.4 Å². The van der Waals surface area contributed by atoms with Crippen LogP contribution in [-0.2, 0) is 13.5 Å². The third kappa shape index (κ3) is 2.48. The summed E-state index contributed by atoms with van der Waals surface area (Å²) in [7, 11) is 1.86. The van der Waals surface area contributed by atoms with Crippen LogP contribution in [-0.4, -0.2) is 9.55 Å². The molecule has 0 aliphatic heterocycles. The Bertz CT molecular complexity index is 524. The molecule has 2 N–H and O–H groups in total. The van der Waals surface area contributed by atoms with Crippen molar-refractivity contribution < 1.29 is 4.39 Å². The van der Waals surface area contributed by atoms with Gasteiger partial charge in [0.05, 0.1) is 11.1 Å². The number of aryl methyl sites for hydroxylation is 1. The Kier molecular flexibility index (Phi) is 3.45. The molecule has 0 saturated carbocycles. The Labute approximate surface area is 104 Å². The minimum absolute atomic E-state index is 0.120. The molecule has 2 aromatic rings. The standard InChI is InChI=1S/C12H13ClFN3/c1-17-6-5-16-12(17)10(15)7-8-3-2-4-9(13)11(8)14/h2-6,10H,7,15H2,1H3. The predicted octanol–water partition coefficient (Wildman–Crippen LogP) is 2.46. The van der Waals surface area contributed by atoms with E-state index in [0.29, 0.717) is 12.0 Å². The van der Waals surface area contributed by atoms with E-state index in [1.807, 2.05) is 17.8 Å². The number of hydrogen-bond acceptors (Lipinski definition) is 2. The molecule has 0 spiro atoms. The number of halogens is 2. The van der Waals surface area contributed by atoms with Gasteiger partial charge in [0.15, 0.2) is 0 Å². The average Bonchev–Trinajstić information content (AvgIpc) is 2.71. The number of imidazole rings is 1. The highest BCUT2D eigenvalue weighted by atomic mass is 35.5. The van der Waals surface area contributed by atoms with Gasteiger partial charge >= 0.3 is 0 Å². The van der Waals surface area contributed by atoms with Crippen LogP contribution in [0.5, 0.6) is 0 Å². The first-order valence-corrected chi connectivity index (χ1v) is 5.63. The van der Waals surface area contributed by atoms with E-state index < -0.39 is 5.82 Å². The zero-order valence-corrected chi connectivity index (χ0v) is 10.2. The number of rotatable bonds is 3. The van der Waals surface area contributed by atoms with Gasteiger partial charge in [-0.05, 0) is 18.1 Å². The van der Waals surface area contributed by atoms with Gasteiger partial charge in [-0.25, -0.2) is 9.37 Å². The van der Waals surface area contributed by atoms with Gasteiger partial charge in [0.2, 0.25) is 0 Å². The van der Waals surface area contributed by atoms with Crippen molar-refractivity contribution >= 4 is 11.6 Å². The summed E-state index contributed by atoms with van der Waals surface area (Å²) in [6, 6.07) is 4.57. The Balaban J connectivity index is 2.22. The molecule has 0 saturated heterocycles. The first-order chi connectivity index (χ1) is 8.09. The van der Waals surface area contributed by atoms with Gasteiger partial charge in [-0.15, -0.1) is 0 Å². The Morgan fingerprint density at radius 2 is 2.29 bits per heavy atom. The molecule has 17 heavy (non-hydrogen) atoms. The molecule has 0 amide bonds. The van der Waals surface area contributed by atoms with E-state index in [1.54, 1.807) is 18.3 Å². The molecule has 0 fully saturated rings. The summed E-state index contributed by atoms with van der Waals surface area (Å²) < 4.78 is 15.5. The molecule has 5 heteroatoms. The highest BCUT2D eigenvalue weighted by Gasteiger charge is 2.15. The van der Waals surface area contributed by atoms with Crippen LogP contribution >= 0.6 is 11.6 Å². The van der Waals surface area contributed by atoms with E-state index in [0.717, 1.165) is 5.82 Å². The van der Waals surface area contributed by atoms with E-state index in [9.17, 15) is 4.39 Å². The Morgan fingerprint density at radius 1 is 1.53 bits per heavy atom. The first-order valence-electron chi connectivity index (χ1n) is 5.25. The van der Waals surface area contributed by atoms with Gasteiger partial charge in [0.25, 0.3) is 0 Å². The summed E-state index contributed by atoms with van der Waals surface area (Å²) in [5, 5.41) is 0.120. The van der Waals surface area contributed by atoms with Crippen LogP contribution in [0.1, 0.15) is 17.4 Å². The van der Waals surface area contributed by atoms with Crippen LogP contribution in [0.3, 0.4) is 0 Å². The zero-order valence-electron chi connectivity index (χ0n) is 9.40. The fourth-order valence-corrected chi connectivity index (χ4v) is 1.96. The lowest BCUT2D eigenvalue weighted by Crippen LogP contribution is -2.18. The molecular formula is C12H13ClFN3. The van der Waals surface area contributed by atoms with Crippen LogP contribution in [0.2, 0.25) is 5.02 Å². The van der Waals surface area contributed by atoms with Crippen LogP contribution in [0.4, 0.5) is 4.39 Å². The molecule has 1 unspecified atom stereocenters. The molecule has 1 heterocycles. The van der Waals surface area contributed by atoms with Crippen LogP contribution in [0, 0.1) is 5.82 Å². The summed E-state index contributed by atoms with van der Waals surface area (Å²) in [6.07, 6.45) is 3.85. The lowest BCUT2D eigenvalue weighted by atomic mass is 10.1. The van der Waals surface area contributed by atoms with Crippen molar-refractivity contribution in [2.45, 2.75) is 12.5 Å². The highest BCUT2D eigenvalue weighted by Crippen LogP contribution is 2.21. The van der Waals surface area contributed by atoms with E-state index in [4.69, 9.17) is 17.3 Å². The molecule has 1 aromatic carbocycles. The van der Waals surface area contributed by atoms with E-state index >= 15 is 0 Å². The molecule has 0 aliphatic carbocycles. The molecule has 0 aliphatic rings. The molecular weight excluding hydrogens is 241 g/mol. The minimum Gasteiger partial charge on any atom is -0.337 e. The van der Waals surface area contributed by atoms with Gasteiger partial charge in [-0.2, -0.15) is 0 Å². The molecule has 90 valence electrons. The Morgan fingerprint density at radius 3 is 2.94 bits per heavy atom. The third-order valence-corrected chi connectivity index (χ3v) is 2.95. The third-order valence-electron chi connectivity index (χ3n) is 2.66. The van der Waals surface area contributed by atoms with Crippen molar-refractivity contribution in [1.29, 1.82) is 0 Å². The number of benzene rings is 1. The fraction of sp³-hybridized carbons (Fsp3) is 0.250. The maximum atomic E-state index is 13.7. The van der Waals surface area contributed by atoms with E-state index in [-0.39, 0.29) is 11.1 Å². The monoisotopic (exact) mass is 253 g/mol. The summed E-state index contributed by atoms with van der Waals surface area (Å²) >= 11 is 5.72. The second-order valence-corrected chi connectivity index (χ2v) is 4.33. The topological polar surface area (TPSA) is 43.8 Å². The SMILES string of the molecule is Cn1ccnc1C(N)Cc1cccc(Cl)c1F. The molecule has 0 radical (unpaired) electrons. The largest absolute Gasteiger partial charge is 0.337 e. The molecule has 2 rings (SSSR count). The lowest BCUT2D eigenvalue weighted by molar-refractivity contribution is 0.576. The summed E-state index contributed by atoms with van der Waals surface area (Å²) in [5.41, 5.74) is 6.51. The second-order valence-electron chi connectivity index (χ2n) is 3.92. The van der Waals surface area contributed by atoms with Crippen LogP contribution in [0.25, 0.3) is 0 Å². The number of nitrogens with zero attached hydrogens (tertiary/aromatic N) is 2. The van der Waals surface area contributed by atoms with E-state index in [1.165, 1.54) is 6.07 Å². The fourth-order valence-electron chi connectivity index (χ4n) is 1.77. The average molecular weight is 254 g/mol. The smallest absolute Gasteiger partial charge is 0.145 e. The number of aromatic nitrogens is 2. The van der Waals surface area contributed by atoms with Gasteiger partial charge in [-0.3, -0.25) is 0 Å². The van der Waals surface area contributed by atoms with Gasteiger partial charge in [0.1, 0.15) is 11.6 Å². The summed E-state index contributed by atoms with van der Waals surface area (Å²) in [5.74, 6) is 0.322. The highest BCUT2D eigenvalue weighted by molar-refractivity contribution is 6.30. The molecule has 3 nitrogen and oxygen atoms in total. The van der Waals surface area contributed by atoms with Gasteiger partial charge in [-0.1, -0.05) is 23.7 Å². The van der Waals surface area contributed by atoms with Crippen molar-refractivity contribution in [2.75, 3.05) is 0 Å². The Hall–Kier alpha value is -1.39. The van der Waals surface area contributed by atoms with Gasteiger partial charge < -0.3 is 10.3 Å². The van der Waals surface area contributed by atoms with E-state index in [2.05, 4.69) is 4.98 Å². The molecule has 1 atom stereocenters. The van der Waals surface area contributed by atoms with Crippen molar-refractivity contribution in [3.63, 3.8) is 0 Å². The summed E-state index contributed by atoms with van der Waals surface area (Å²) in [4.78, 5) is 4.15. The zero-order chi connectivity index (χ0) is 12.4. The van der Waals surface area contributed by atoms with Crippen molar-refractivity contribution in [2.24, 2.45) is 12.8 Å². The van der Waals surface area contributed by atoms with Crippen LogP contribution in [0.15, 0.2) is 30.6 Å². The van der Waals surface area contributed by atoms with Crippen molar-refractivity contribution in [1.82, 2.24) is 9.55 Å². The normalized spacial score (nSPS) is 12.7. The molecule has 0 bridgehead atoms. The maximum absolute atomic E-state index is 13.7. The number of hydrogen-bond donors (Lipinski definition) is 1. The summed E-state index contributed by atoms with van der Waals surface area (Å²) in [6.45, 7) is 0. The predicted molar refractivity (Wildman–Crippen MR) is 65.3 cm³/mol. The second kappa shape index (κ2) is 4.85. The van der Waals surface area contributed by atoms with Crippen molar-refractivity contribution in [3.05, 3.63) is 52.8 Å². The van der Waals surface area contributed by atoms with Crippen LogP contribution < -0.4 is 5.73 Å². The number of nitrogens with two attached hydrogens (primary N) is 1. The quantitative estimate of drug-likeness (QED) is 0.913. The molecule has 1 aromatic heterocycles. The first kappa shape index (κ1) is 12.1. The van der Waals surface area contributed by atoms with Crippen molar-refractivity contribution in [3.8, 4) is 0 Å².